The third kappa shape index (κ3) is 5.31. The van der Waals surface area contributed by atoms with Crippen molar-refractivity contribution in [3.05, 3.63) is 48.6 Å². The van der Waals surface area contributed by atoms with Crippen LogP contribution in [-0.2, 0) is 20.6 Å². The van der Waals surface area contributed by atoms with Gasteiger partial charge in [0.05, 0.1) is 0 Å². The average molecular weight is 551 g/mol. The standard InChI is InChI=1S/2C9H13.C2H7Si.2ClH.Hf/c2*1-2-3-6-9-7-4-5-8-9;1-3-2;;;/h2*4-5,7-8H,2-3,6H2,1H3;3H,1-2H3;2*1H;/q;;;;;+2/p-2. The van der Waals surface area contributed by atoms with Crippen molar-refractivity contribution in [2.75, 3.05) is 0 Å². The molecule has 0 saturated carbocycles. The van der Waals surface area contributed by atoms with Crippen molar-refractivity contribution in [1.82, 2.24) is 0 Å². The normalized spacial score (nSPS) is 18.7. The fraction of sp³-hybridized carbons (Fsp3) is 0.600. The second-order valence-electron chi connectivity index (χ2n) is 7.29. The Labute approximate surface area is 170 Å². The molecule has 0 fully saturated rings. The van der Waals surface area contributed by atoms with Gasteiger partial charge in [-0.2, -0.15) is 0 Å². The van der Waals surface area contributed by atoms with Crippen LogP contribution in [0.1, 0.15) is 52.4 Å². The van der Waals surface area contributed by atoms with Gasteiger partial charge in [0.1, 0.15) is 0 Å². The Bertz CT molecular complexity index is 416. The molecule has 0 unspecified atom stereocenters. The molecule has 0 amide bonds. The maximum atomic E-state index is 2.66. The van der Waals surface area contributed by atoms with E-state index >= 15 is 0 Å². The first-order chi connectivity index (χ1) is 10.6. The maximum Gasteiger partial charge on any atom is -1.00 e. The molecule has 0 heterocycles. The molecule has 4 heteroatoms. The van der Waals surface area contributed by atoms with Gasteiger partial charge >= 0.3 is 147 Å². The largest absolute Gasteiger partial charge is 1.00 e. The van der Waals surface area contributed by atoms with Crippen molar-refractivity contribution >= 4 is 5.98 Å². The summed E-state index contributed by atoms with van der Waals surface area (Å²) >= 11 is -1.89. The van der Waals surface area contributed by atoms with E-state index in [4.69, 9.17) is 0 Å². The zero-order valence-electron chi connectivity index (χ0n) is 15.7. The summed E-state index contributed by atoms with van der Waals surface area (Å²) in [7, 11) is 0. The SMILES string of the molecule is CCCC[C]1([Hf+2]([SiH](C)C)[C]2(CCCC)C=CC=C2)C=CC=C1.[Cl-].[Cl-]. The van der Waals surface area contributed by atoms with E-state index < -0.39 is 26.6 Å². The van der Waals surface area contributed by atoms with Crippen LogP contribution in [0.25, 0.3) is 0 Å². The smallest absolute Gasteiger partial charge is 1.00 e. The monoisotopic (exact) mass is 551 g/mol. The zero-order chi connectivity index (χ0) is 16.1. The molecule has 2 aliphatic rings. The van der Waals surface area contributed by atoms with Gasteiger partial charge in [-0.3, -0.25) is 0 Å². The van der Waals surface area contributed by atoms with Crippen LogP contribution in [0.2, 0.25) is 19.4 Å². The molecule has 2 aliphatic carbocycles. The van der Waals surface area contributed by atoms with Crippen molar-refractivity contribution in [3.63, 3.8) is 0 Å². The van der Waals surface area contributed by atoms with E-state index in [0.717, 1.165) is 0 Å². The minimum atomic E-state index is -1.89. The summed E-state index contributed by atoms with van der Waals surface area (Å²) < 4.78 is 1.04. The van der Waals surface area contributed by atoms with Crippen LogP contribution < -0.4 is 24.8 Å². The number of rotatable bonds is 9. The van der Waals surface area contributed by atoms with Crippen molar-refractivity contribution in [2.24, 2.45) is 0 Å². The van der Waals surface area contributed by atoms with Gasteiger partial charge in [0.15, 0.2) is 0 Å². The van der Waals surface area contributed by atoms with Gasteiger partial charge in [-0.1, -0.05) is 0 Å². The van der Waals surface area contributed by atoms with Gasteiger partial charge in [-0.15, -0.1) is 0 Å². The quantitative estimate of drug-likeness (QED) is 0.368. The third-order valence-corrected chi connectivity index (χ3v) is 39.1. The summed E-state index contributed by atoms with van der Waals surface area (Å²) in [6.07, 6.45) is 28.2. The second-order valence-corrected chi connectivity index (χ2v) is 36.4. The molecule has 24 heavy (non-hydrogen) atoms. The van der Waals surface area contributed by atoms with Gasteiger partial charge in [0, 0.05) is 0 Å². The summed E-state index contributed by atoms with van der Waals surface area (Å²) in [6, 6.07) is 0. The van der Waals surface area contributed by atoms with Crippen LogP contribution in [0.5, 0.6) is 0 Å². The summed E-state index contributed by atoms with van der Waals surface area (Å²) in [5, 5.41) is 0. The Kier molecular flexibility index (Phi) is 11.7. The van der Waals surface area contributed by atoms with Crippen LogP contribution >= 0.6 is 0 Å². The van der Waals surface area contributed by atoms with E-state index in [2.05, 4.69) is 75.5 Å². The molecule has 2 rings (SSSR count). The van der Waals surface area contributed by atoms with Crippen molar-refractivity contribution in [1.29, 1.82) is 0 Å². The number of halogens is 2. The van der Waals surface area contributed by atoms with E-state index in [-0.39, 0.29) is 24.8 Å². The fourth-order valence-corrected chi connectivity index (χ4v) is 45.5. The summed E-state index contributed by atoms with van der Waals surface area (Å²) in [5.74, 6) is -0.603. The Balaban J connectivity index is 0.00000264. The minimum Gasteiger partial charge on any atom is -1.00 e. The Morgan fingerprint density at radius 3 is 1.29 bits per heavy atom. The molecule has 0 atom stereocenters. The van der Waals surface area contributed by atoms with Gasteiger partial charge < -0.3 is 24.8 Å². The molecule has 135 valence electrons. The van der Waals surface area contributed by atoms with E-state index in [1.54, 1.807) is 0 Å². The molecular weight excluding hydrogens is 518 g/mol. The van der Waals surface area contributed by atoms with Gasteiger partial charge in [-0.05, 0) is 0 Å². The number of unbranched alkanes of at least 4 members (excludes halogenated alkanes) is 2. The van der Waals surface area contributed by atoms with E-state index in [1.165, 1.54) is 38.5 Å². The van der Waals surface area contributed by atoms with Gasteiger partial charge in [-0.25, -0.2) is 0 Å². The molecule has 0 aromatic rings. The molecule has 0 radical (unpaired) electrons. The molecule has 0 saturated heterocycles. The predicted octanol–water partition coefficient (Wildman–Crippen LogP) is 0.546. The topological polar surface area (TPSA) is 0 Å². The van der Waals surface area contributed by atoms with E-state index in [1.807, 2.05) is 0 Å². The molecular formula is C20H33Cl2HfSi. The summed E-state index contributed by atoms with van der Waals surface area (Å²) in [6.45, 7) is 10.00. The number of hydrogen-bond donors (Lipinski definition) is 0. The molecule has 0 aromatic heterocycles. The Morgan fingerprint density at radius 1 is 0.708 bits per heavy atom. The van der Waals surface area contributed by atoms with Crippen molar-refractivity contribution < 1.29 is 45.4 Å². The Hall–Kier alpha value is 0.627. The molecule has 0 spiro atoms. The van der Waals surface area contributed by atoms with E-state index in [9.17, 15) is 0 Å². The first-order valence-corrected chi connectivity index (χ1v) is 21.9. The molecule has 0 nitrogen and oxygen atoms in total. The third-order valence-electron chi connectivity index (χ3n) is 5.27. The van der Waals surface area contributed by atoms with Gasteiger partial charge in [0.2, 0.25) is 0 Å². The average Bonchev–Trinajstić information content (AvgIpc) is 3.14. The Morgan fingerprint density at radius 2 is 1.04 bits per heavy atom. The zero-order valence-corrected chi connectivity index (χ0v) is 22.0. The number of hydrogen-bond acceptors (Lipinski definition) is 0. The molecule has 0 aromatic carbocycles. The maximum absolute atomic E-state index is 2.66. The molecule has 0 N–H and O–H groups in total. The summed E-state index contributed by atoms with van der Waals surface area (Å²) in [4.78, 5) is 0. The van der Waals surface area contributed by atoms with E-state index in [0.29, 0.717) is 6.34 Å². The van der Waals surface area contributed by atoms with Crippen LogP contribution in [0.15, 0.2) is 48.6 Å². The van der Waals surface area contributed by atoms with Crippen LogP contribution in [0.3, 0.4) is 0 Å². The molecule has 0 bridgehead atoms. The van der Waals surface area contributed by atoms with Crippen LogP contribution in [0, 0.1) is 0 Å². The second kappa shape index (κ2) is 11.4. The fourth-order valence-electron chi connectivity index (χ4n) is 4.43. The van der Waals surface area contributed by atoms with Crippen LogP contribution in [-0.4, -0.2) is 5.98 Å². The van der Waals surface area contributed by atoms with Crippen LogP contribution in [0.4, 0.5) is 0 Å². The summed E-state index contributed by atoms with van der Waals surface area (Å²) in [5.41, 5.74) is 0. The van der Waals surface area contributed by atoms with Gasteiger partial charge in [0.25, 0.3) is 0 Å². The predicted molar refractivity (Wildman–Crippen MR) is 99.9 cm³/mol. The van der Waals surface area contributed by atoms with Crippen molar-refractivity contribution in [2.45, 2.75) is 71.8 Å². The first-order valence-electron chi connectivity index (χ1n) is 9.22. The first kappa shape index (κ1) is 24.6. The molecule has 0 aliphatic heterocycles. The number of allylic oxidation sites excluding steroid dienone is 8. The minimum absolute atomic E-state index is 0. The van der Waals surface area contributed by atoms with Crippen molar-refractivity contribution in [3.8, 4) is 0 Å².